The number of ketones is 1. The SMILES string of the molecule is CC1(C)CCN(C(=O)CNc2c(F)cc(F)cc2F)[C@H](C(=O)NC(C(=O)C(N)=O)[C@@H]2CCNC2=O)C1. The number of rotatable bonds is 8. The van der Waals surface area contributed by atoms with Gasteiger partial charge in [0.05, 0.1) is 12.5 Å². The lowest BCUT2D eigenvalue weighted by Gasteiger charge is -2.43. The number of Topliss-reactive ketones (excluding diaryl/α,β-unsaturated/α-hetero) is 1. The molecule has 2 fully saturated rings. The van der Waals surface area contributed by atoms with E-state index in [0.29, 0.717) is 18.6 Å². The van der Waals surface area contributed by atoms with Crippen LogP contribution in [-0.2, 0) is 24.0 Å². The summed E-state index contributed by atoms with van der Waals surface area (Å²) in [4.78, 5) is 63.6. The van der Waals surface area contributed by atoms with E-state index in [1.807, 2.05) is 13.8 Å². The Kier molecular flexibility index (Phi) is 7.89. The molecule has 0 aromatic heterocycles. The second kappa shape index (κ2) is 10.5. The molecule has 0 bridgehead atoms. The van der Waals surface area contributed by atoms with Gasteiger partial charge in [-0.15, -0.1) is 0 Å². The third kappa shape index (κ3) is 5.94. The Bertz CT molecular complexity index is 1070. The van der Waals surface area contributed by atoms with Crippen LogP contribution in [0, 0.1) is 28.8 Å². The van der Waals surface area contributed by atoms with Gasteiger partial charge in [0.25, 0.3) is 5.91 Å². The van der Waals surface area contributed by atoms with Crippen molar-refractivity contribution in [2.45, 2.75) is 45.2 Å². The number of carbonyl (C=O) groups is 5. The first-order valence-corrected chi connectivity index (χ1v) is 11.4. The fourth-order valence-corrected chi connectivity index (χ4v) is 4.51. The predicted octanol–water partition coefficient (Wildman–Crippen LogP) is 0.208. The monoisotopic (exact) mass is 511 g/mol. The highest BCUT2D eigenvalue weighted by molar-refractivity contribution is 6.38. The van der Waals surface area contributed by atoms with Gasteiger partial charge in [-0.05, 0) is 24.7 Å². The maximum Gasteiger partial charge on any atom is 0.287 e. The Balaban J connectivity index is 1.79. The summed E-state index contributed by atoms with van der Waals surface area (Å²) < 4.78 is 41.0. The van der Waals surface area contributed by atoms with E-state index in [-0.39, 0.29) is 31.3 Å². The first-order chi connectivity index (χ1) is 16.8. The predicted molar refractivity (Wildman–Crippen MR) is 121 cm³/mol. The van der Waals surface area contributed by atoms with E-state index in [1.165, 1.54) is 4.90 Å². The van der Waals surface area contributed by atoms with Gasteiger partial charge in [0, 0.05) is 25.2 Å². The fourth-order valence-electron chi connectivity index (χ4n) is 4.51. The lowest BCUT2D eigenvalue weighted by Crippen LogP contribution is -2.60. The van der Waals surface area contributed by atoms with E-state index in [0.717, 1.165) is 0 Å². The number of halogens is 3. The van der Waals surface area contributed by atoms with Gasteiger partial charge in [-0.1, -0.05) is 13.8 Å². The number of anilines is 1. The summed E-state index contributed by atoms with van der Waals surface area (Å²) in [6, 6.07) is -1.67. The van der Waals surface area contributed by atoms with Gasteiger partial charge in [-0.25, -0.2) is 13.2 Å². The molecular weight excluding hydrogens is 483 g/mol. The van der Waals surface area contributed by atoms with Crippen LogP contribution in [0.3, 0.4) is 0 Å². The molecule has 2 heterocycles. The highest BCUT2D eigenvalue weighted by atomic mass is 19.1. The Morgan fingerprint density at radius 2 is 1.83 bits per heavy atom. The minimum absolute atomic E-state index is 0.123. The van der Waals surface area contributed by atoms with Gasteiger partial charge in [0.2, 0.25) is 23.5 Å². The smallest absolute Gasteiger partial charge is 0.287 e. The fraction of sp³-hybridized carbons (Fsp3) is 0.522. The van der Waals surface area contributed by atoms with Crippen LogP contribution in [0.4, 0.5) is 18.9 Å². The summed E-state index contributed by atoms with van der Waals surface area (Å²) in [5, 5.41) is 7.27. The molecule has 0 aliphatic carbocycles. The Morgan fingerprint density at radius 3 is 2.39 bits per heavy atom. The van der Waals surface area contributed by atoms with Crippen LogP contribution in [0.1, 0.15) is 33.1 Å². The summed E-state index contributed by atoms with van der Waals surface area (Å²) in [5.74, 6) is -8.98. The normalized spacial score (nSPS) is 21.9. The van der Waals surface area contributed by atoms with Crippen LogP contribution >= 0.6 is 0 Å². The summed E-state index contributed by atoms with van der Waals surface area (Å²) in [6.45, 7) is 3.54. The quantitative estimate of drug-likeness (QED) is 0.367. The van der Waals surface area contributed by atoms with Crippen LogP contribution < -0.4 is 21.7 Å². The standard InChI is InChI=1S/C23H28F3N5O5/c1-23(2)4-6-31(16(32)10-29-18-13(25)7-11(24)8-14(18)26)15(9-23)22(36)30-17(19(33)20(27)34)12-3-5-28-21(12)35/h7-8,12,15,17,29H,3-6,9-10H2,1-2H3,(H2,27,34)(H,28,35)(H,30,36)/t12-,15-,17?/m0/s1. The number of hydrogen-bond donors (Lipinski definition) is 4. The summed E-state index contributed by atoms with van der Waals surface area (Å²) in [7, 11) is 0. The molecule has 0 radical (unpaired) electrons. The van der Waals surface area contributed by atoms with Crippen molar-refractivity contribution < 1.29 is 37.1 Å². The number of nitrogens with zero attached hydrogens (tertiary/aromatic N) is 1. The van der Waals surface area contributed by atoms with E-state index in [1.54, 1.807) is 0 Å². The largest absolute Gasteiger partial charge is 0.371 e. The van der Waals surface area contributed by atoms with Crippen LogP contribution in [0.5, 0.6) is 0 Å². The molecule has 0 spiro atoms. The molecule has 2 aliphatic rings. The first-order valence-electron chi connectivity index (χ1n) is 11.4. The van der Waals surface area contributed by atoms with Crippen molar-refractivity contribution in [1.82, 2.24) is 15.5 Å². The molecule has 1 unspecified atom stereocenters. The van der Waals surface area contributed by atoms with Gasteiger partial charge in [-0.2, -0.15) is 0 Å². The molecule has 3 atom stereocenters. The van der Waals surface area contributed by atoms with E-state index in [4.69, 9.17) is 5.73 Å². The number of hydrogen-bond acceptors (Lipinski definition) is 6. The van der Waals surface area contributed by atoms with Gasteiger partial charge in [-0.3, -0.25) is 24.0 Å². The number of primary amides is 1. The molecular formula is C23H28F3N5O5. The zero-order valence-corrected chi connectivity index (χ0v) is 19.8. The lowest BCUT2D eigenvalue weighted by molar-refractivity contribution is -0.146. The highest BCUT2D eigenvalue weighted by Crippen LogP contribution is 2.34. The number of likely N-dealkylation sites (tertiary alicyclic amines) is 1. The number of carbonyl (C=O) groups excluding carboxylic acids is 5. The second-order valence-corrected chi connectivity index (χ2v) is 9.72. The zero-order valence-electron chi connectivity index (χ0n) is 19.8. The summed E-state index contributed by atoms with van der Waals surface area (Å²) in [6.07, 6.45) is 0.884. The minimum Gasteiger partial charge on any atom is -0.371 e. The highest BCUT2D eigenvalue weighted by Gasteiger charge is 2.44. The van der Waals surface area contributed by atoms with Gasteiger partial charge < -0.3 is 26.6 Å². The molecule has 196 valence electrons. The second-order valence-electron chi connectivity index (χ2n) is 9.72. The molecule has 13 heteroatoms. The Hall–Kier alpha value is -3.64. The van der Waals surface area contributed by atoms with Gasteiger partial charge in [0.1, 0.15) is 23.6 Å². The minimum atomic E-state index is -1.50. The lowest BCUT2D eigenvalue weighted by atomic mass is 9.78. The zero-order chi connectivity index (χ0) is 26.8. The number of nitrogens with one attached hydrogen (secondary N) is 3. The van der Waals surface area contributed by atoms with Crippen LogP contribution in [-0.4, -0.2) is 66.0 Å². The first kappa shape index (κ1) is 27.0. The van der Waals surface area contributed by atoms with Crippen LogP contribution in [0.15, 0.2) is 12.1 Å². The number of piperidine rings is 1. The maximum absolute atomic E-state index is 13.9. The molecule has 4 amide bonds. The maximum atomic E-state index is 13.9. The molecule has 2 saturated heterocycles. The number of amides is 4. The van der Waals surface area contributed by atoms with Gasteiger partial charge in [0.15, 0.2) is 11.6 Å². The molecule has 5 N–H and O–H groups in total. The van der Waals surface area contributed by atoms with Crippen molar-refractivity contribution in [1.29, 1.82) is 0 Å². The van der Waals surface area contributed by atoms with Crippen molar-refractivity contribution >= 4 is 35.1 Å². The molecule has 1 aromatic carbocycles. The van der Waals surface area contributed by atoms with Crippen molar-refractivity contribution in [2.75, 3.05) is 25.0 Å². The topological polar surface area (TPSA) is 151 Å². The number of nitrogens with two attached hydrogens (primary N) is 1. The van der Waals surface area contributed by atoms with E-state index >= 15 is 0 Å². The van der Waals surface area contributed by atoms with Crippen molar-refractivity contribution in [3.63, 3.8) is 0 Å². The molecule has 0 saturated carbocycles. The Morgan fingerprint density at radius 1 is 1.19 bits per heavy atom. The average molecular weight is 512 g/mol. The molecule has 1 aromatic rings. The van der Waals surface area contributed by atoms with Crippen molar-refractivity contribution in [3.05, 3.63) is 29.6 Å². The average Bonchev–Trinajstić information content (AvgIpc) is 3.20. The molecule has 36 heavy (non-hydrogen) atoms. The van der Waals surface area contributed by atoms with Crippen molar-refractivity contribution in [3.8, 4) is 0 Å². The molecule has 3 rings (SSSR count). The Labute approximate surface area is 205 Å². The third-order valence-electron chi connectivity index (χ3n) is 6.51. The van der Waals surface area contributed by atoms with E-state index < -0.39 is 77.1 Å². The molecule has 2 aliphatic heterocycles. The summed E-state index contributed by atoms with van der Waals surface area (Å²) in [5.41, 5.74) is 4.05. The third-order valence-corrected chi connectivity index (χ3v) is 6.51. The summed E-state index contributed by atoms with van der Waals surface area (Å²) >= 11 is 0. The molecule has 10 nitrogen and oxygen atoms in total. The van der Waals surface area contributed by atoms with E-state index in [9.17, 15) is 37.1 Å². The van der Waals surface area contributed by atoms with E-state index in [2.05, 4.69) is 16.0 Å². The van der Waals surface area contributed by atoms with Crippen molar-refractivity contribution in [2.24, 2.45) is 17.1 Å². The number of benzene rings is 1. The van der Waals surface area contributed by atoms with Gasteiger partial charge >= 0.3 is 0 Å². The van der Waals surface area contributed by atoms with Crippen LogP contribution in [0.25, 0.3) is 0 Å². The van der Waals surface area contributed by atoms with Crippen LogP contribution in [0.2, 0.25) is 0 Å².